The largest absolute Gasteiger partial charge is 0.488 e. The molecular formula is C13H13BrFNOS. The molecule has 96 valence electrons. The first kappa shape index (κ1) is 13.5. The van der Waals surface area contributed by atoms with Crippen molar-refractivity contribution in [1.82, 2.24) is 0 Å². The Morgan fingerprint density at radius 3 is 2.78 bits per heavy atom. The quantitative estimate of drug-likeness (QED) is 0.910. The third-order valence-corrected chi connectivity index (χ3v) is 4.06. The summed E-state index contributed by atoms with van der Waals surface area (Å²) in [6.45, 7) is 2.27. The number of hydrogen-bond donors (Lipinski definition) is 1. The molecule has 0 amide bonds. The molecule has 1 atom stereocenters. The second kappa shape index (κ2) is 5.82. The number of rotatable bonds is 4. The van der Waals surface area contributed by atoms with Crippen molar-refractivity contribution < 1.29 is 9.13 Å². The van der Waals surface area contributed by atoms with Gasteiger partial charge in [0, 0.05) is 22.5 Å². The molecule has 2 rings (SSSR count). The summed E-state index contributed by atoms with van der Waals surface area (Å²) >= 11 is 4.98. The Hall–Kier alpha value is -0.910. The van der Waals surface area contributed by atoms with Gasteiger partial charge in [-0.15, -0.1) is 11.3 Å². The molecule has 0 radical (unpaired) electrons. The summed E-state index contributed by atoms with van der Waals surface area (Å²) in [5, 5.41) is 0. The molecule has 5 heteroatoms. The molecule has 18 heavy (non-hydrogen) atoms. The molecule has 0 bridgehead atoms. The number of ether oxygens (including phenoxy) is 1. The molecule has 1 unspecified atom stereocenters. The normalized spacial score (nSPS) is 12.4. The van der Waals surface area contributed by atoms with E-state index in [1.54, 1.807) is 17.4 Å². The molecule has 0 aliphatic heterocycles. The van der Waals surface area contributed by atoms with Crippen LogP contribution in [0.5, 0.6) is 5.75 Å². The van der Waals surface area contributed by atoms with E-state index in [2.05, 4.69) is 15.9 Å². The van der Waals surface area contributed by atoms with E-state index < -0.39 is 0 Å². The molecular weight excluding hydrogens is 317 g/mol. The predicted molar refractivity (Wildman–Crippen MR) is 75.4 cm³/mol. The van der Waals surface area contributed by atoms with Gasteiger partial charge >= 0.3 is 0 Å². The van der Waals surface area contributed by atoms with Crippen molar-refractivity contribution in [3.05, 3.63) is 50.4 Å². The van der Waals surface area contributed by atoms with Crippen molar-refractivity contribution >= 4 is 27.3 Å². The highest BCUT2D eigenvalue weighted by molar-refractivity contribution is 9.11. The maximum Gasteiger partial charge on any atom is 0.127 e. The van der Waals surface area contributed by atoms with E-state index >= 15 is 0 Å². The molecule has 0 aliphatic carbocycles. The first-order valence-electron chi connectivity index (χ1n) is 5.48. The summed E-state index contributed by atoms with van der Waals surface area (Å²) in [7, 11) is 0. The molecule has 0 spiro atoms. The van der Waals surface area contributed by atoms with Crippen molar-refractivity contribution in [2.45, 2.75) is 19.6 Å². The van der Waals surface area contributed by atoms with Crippen LogP contribution in [0.4, 0.5) is 4.39 Å². The summed E-state index contributed by atoms with van der Waals surface area (Å²) in [5.74, 6) is 0.191. The predicted octanol–water partition coefficient (Wildman–Crippen LogP) is 4.25. The Balaban J connectivity index is 2.15. The SMILES string of the molecule is CC(N)c1ccc(F)cc1OCc1ccc(Br)s1. The molecule has 1 heterocycles. The van der Waals surface area contributed by atoms with E-state index in [1.807, 2.05) is 19.1 Å². The van der Waals surface area contributed by atoms with E-state index in [0.29, 0.717) is 12.4 Å². The molecule has 0 saturated heterocycles. The van der Waals surface area contributed by atoms with Crippen LogP contribution in [0, 0.1) is 5.82 Å². The standard InChI is InChI=1S/C13H13BrFNOS/c1-8(16)11-4-2-9(15)6-12(11)17-7-10-3-5-13(14)18-10/h2-6,8H,7,16H2,1H3. The lowest BCUT2D eigenvalue weighted by Gasteiger charge is -2.13. The minimum atomic E-state index is -0.318. The molecule has 2 aromatic rings. The Labute approximate surface area is 118 Å². The zero-order chi connectivity index (χ0) is 13.1. The van der Waals surface area contributed by atoms with E-state index in [4.69, 9.17) is 10.5 Å². The first-order chi connectivity index (χ1) is 8.56. The van der Waals surface area contributed by atoms with Gasteiger partial charge in [-0.2, -0.15) is 0 Å². The molecule has 1 aromatic carbocycles. The second-order valence-corrected chi connectivity index (χ2v) is 6.51. The van der Waals surface area contributed by atoms with Crippen LogP contribution < -0.4 is 10.5 Å². The van der Waals surface area contributed by atoms with Crippen molar-refractivity contribution in [3.63, 3.8) is 0 Å². The van der Waals surface area contributed by atoms with Gasteiger partial charge < -0.3 is 10.5 Å². The van der Waals surface area contributed by atoms with Gasteiger partial charge in [0.1, 0.15) is 18.2 Å². The highest BCUT2D eigenvalue weighted by Crippen LogP contribution is 2.27. The van der Waals surface area contributed by atoms with E-state index in [1.165, 1.54) is 12.1 Å². The topological polar surface area (TPSA) is 35.2 Å². The van der Waals surface area contributed by atoms with Crippen molar-refractivity contribution in [2.75, 3.05) is 0 Å². The Morgan fingerprint density at radius 2 is 2.17 bits per heavy atom. The van der Waals surface area contributed by atoms with Gasteiger partial charge in [-0.3, -0.25) is 0 Å². The molecule has 0 saturated carbocycles. The summed E-state index contributed by atoms with van der Waals surface area (Å²) in [4.78, 5) is 1.07. The highest BCUT2D eigenvalue weighted by Gasteiger charge is 2.10. The van der Waals surface area contributed by atoms with Crippen molar-refractivity contribution in [3.8, 4) is 5.75 Å². The fourth-order valence-electron chi connectivity index (χ4n) is 1.59. The van der Waals surface area contributed by atoms with Crippen molar-refractivity contribution in [1.29, 1.82) is 0 Å². The maximum atomic E-state index is 13.2. The van der Waals surface area contributed by atoms with Gasteiger partial charge in [0.15, 0.2) is 0 Å². The van der Waals surface area contributed by atoms with Gasteiger partial charge in [0.05, 0.1) is 3.79 Å². The summed E-state index contributed by atoms with van der Waals surface area (Å²) in [6.07, 6.45) is 0. The van der Waals surface area contributed by atoms with Crippen LogP contribution in [0.3, 0.4) is 0 Å². The fraction of sp³-hybridized carbons (Fsp3) is 0.231. The monoisotopic (exact) mass is 329 g/mol. The Kier molecular flexibility index (Phi) is 4.37. The summed E-state index contributed by atoms with van der Waals surface area (Å²) in [6, 6.07) is 8.19. The smallest absolute Gasteiger partial charge is 0.127 e. The number of benzene rings is 1. The van der Waals surface area contributed by atoms with E-state index in [-0.39, 0.29) is 11.9 Å². The van der Waals surface area contributed by atoms with Crippen LogP contribution >= 0.6 is 27.3 Å². The van der Waals surface area contributed by atoms with Crippen LogP contribution in [-0.4, -0.2) is 0 Å². The average Bonchev–Trinajstić information content (AvgIpc) is 2.72. The van der Waals surface area contributed by atoms with Crippen LogP contribution in [-0.2, 0) is 6.61 Å². The van der Waals surface area contributed by atoms with Crippen LogP contribution in [0.15, 0.2) is 34.1 Å². The van der Waals surface area contributed by atoms with Gasteiger partial charge in [0.25, 0.3) is 0 Å². The Morgan fingerprint density at radius 1 is 1.39 bits per heavy atom. The van der Waals surface area contributed by atoms with E-state index in [0.717, 1.165) is 14.2 Å². The Bertz CT molecular complexity index is 542. The van der Waals surface area contributed by atoms with Crippen LogP contribution in [0.1, 0.15) is 23.4 Å². The minimum Gasteiger partial charge on any atom is -0.488 e. The summed E-state index contributed by atoms with van der Waals surface area (Å²) in [5.41, 5.74) is 6.64. The number of thiophene rings is 1. The fourth-order valence-corrected chi connectivity index (χ4v) is 2.98. The number of nitrogens with two attached hydrogens (primary N) is 1. The van der Waals surface area contributed by atoms with Gasteiger partial charge in [-0.05, 0) is 41.1 Å². The zero-order valence-corrected chi connectivity index (χ0v) is 12.2. The molecule has 0 aliphatic rings. The third kappa shape index (κ3) is 3.31. The van der Waals surface area contributed by atoms with Gasteiger partial charge in [0.2, 0.25) is 0 Å². The lowest BCUT2D eigenvalue weighted by atomic mass is 10.1. The molecule has 1 aromatic heterocycles. The lowest BCUT2D eigenvalue weighted by Crippen LogP contribution is -2.08. The third-order valence-electron chi connectivity index (χ3n) is 2.46. The second-order valence-electron chi connectivity index (χ2n) is 3.97. The van der Waals surface area contributed by atoms with Crippen LogP contribution in [0.25, 0.3) is 0 Å². The van der Waals surface area contributed by atoms with E-state index in [9.17, 15) is 4.39 Å². The average molecular weight is 330 g/mol. The molecule has 2 N–H and O–H groups in total. The minimum absolute atomic E-state index is 0.185. The zero-order valence-electron chi connectivity index (χ0n) is 9.82. The number of hydrogen-bond acceptors (Lipinski definition) is 3. The summed E-state index contributed by atoms with van der Waals surface area (Å²) < 4.78 is 19.9. The molecule has 2 nitrogen and oxygen atoms in total. The van der Waals surface area contributed by atoms with Gasteiger partial charge in [-0.1, -0.05) is 6.07 Å². The van der Waals surface area contributed by atoms with Crippen molar-refractivity contribution in [2.24, 2.45) is 5.73 Å². The highest BCUT2D eigenvalue weighted by atomic mass is 79.9. The van der Waals surface area contributed by atoms with Gasteiger partial charge in [-0.25, -0.2) is 4.39 Å². The maximum absolute atomic E-state index is 13.2. The van der Waals surface area contributed by atoms with Crippen LogP contribution in [0.2, 0.25) is 0 Å². The first-order valence-corrected chi connectivity index (χ1v) is 7.09. The number of halogens is 2. The molecule has 0 fully saturated rings. The lowest BCUT2D eigenvalue weighted by molar-refractivity contribution is 0.303.